The van der Waals surface area contributed by atoms with Crippen molar-refractivity contribution in [2.75, 3.05) is 14.2 Å². The Balaban J connectivity index is 1.62. The van der Waals surface area contributed by atoms with Crippen molar-refractivity contribution in [3.05, 3.63) is 95.1 Å². The summed E-state index contributed by atoms with van der Waals surface area (Å²) in [6.07, 6.45) is 3.96. The highest BCUT2D eigenvalue weighted by Gasteiger charge is 2.45. The second-order valence-corrected chi connectivity index (χ2v) is 9.94. The number of ether oxygens (including phenoxy) is 2. The summed E-state index contributed by atoms with van der Waals surface area (Å²) >= 11 is 0. The van der Waals surface area contributed by atoms with Crippen LogP contribution in [0, 0.1) is 0 Å². The average Bonchev–Trinajstić information content (AvgIpc) is 3.47. The molecule has 0 fully saturated rings. The summed E-state index contributed by atoms with van der Waals surface area (Å²) in [5.41, 5.74) is 7.49. The van der Waals surface area contributed by atoms with Gasteiger partial charge in [0.15, 0.2) is 0 Å². The molecule has 3 aromatic carbocycles. The number of benzene rings is 3. The van der Waals surface area contributed by atoms with Crippen molar-refractivity contribution in [2.24, 2.45) is 0 Å². The van der Waals surface area contributed by atoms with Gasteiger partial charge in [-0.15, -0.1) is 0 Å². The molecular weight excluding hydrogens is 460 g/mol. The number of hydrogen-bond acceptors (Lipinski definition) is 3. The standard InChI is InChI=1S/C32H32N2O3/c1-20(21-11-5-4-6-12-21)34-31(23-13-7-8-14-24(23)32(34)35)29-25-15-9-10-16-27(25)33-30(29)26-19-22(36-2)17-18-28(26)37-3/h4-6,9-12,15-20,31,33H,7-8,13-14H2,1-3H3/t20-,31-/m0/s1. The first-order chi connectivity index (χ1) is 18.1. The molecule has 0 saturated heterocycles. The van der Waals surface area contributed by atoms with Gasteiger partial charge in [-0.25, -0.2) is 0 Å². The third-order valence-corrected chi connectivity index (χ3v) is 8.01. The van der Waals surface area contributed by atoms with Crippen LogP contribution in [-0.2, 0) is 4.79 Å². The van der Waals surface area contributed by atoms with Crippen molar-refractivity contribution in [1.82, 2.24) is 9.88 Å². The van der Waals surface area contributed by atoms with Gasteiger partial charge in [-0.1, -0.05) is 48.5 Å². The molecule has 2 aliphatic rings. The molecule has 5 nitrogen and oxygen atoms in total. The van der Waals surface area contributed by atoms with Gasteiger partial charge < -0.3 is 19.4 Å². The molecule has 5 heteroatoms. The zero-order valence-corrected chi connectivity index (χ0v) is 21.6. The molecule has 37 heavy (non-hydrogen) atoms. The number of methoxy groups -OCH3 is 2. The van der Waals surface area contributed by atoms with Crippen LogP contribution in [0.1, 0.15) is 55.8 Å². The van der Waals surface area contributed by atoms with Crippen LogP contribution in [0.3, 0.4) is 0 Å². The summed E-state index contributed by atoms with van der Waals surface area (Å²) in [6, 6.07) is 24.4. The number of carbonyl (C=O) groups is 1. The van der Waals surface area contributed by atoms with Crippen LogP contribution in [0.15, 0.2) is 83.9 Å². The zero-order chi connectivity index (χ0) is 25.5. The number of rotatable bonds is 6. The van der Waals surface area contributed by atoms with Gasteiger partial charge in [0.1, 0.15) is 11.5 Å². The molecule has 1 aliphatic heterocycles. The number of para-hydroxylation sites is 1. The Morgan fingerprint density at radius 1 is 0.919 bits per heavy atom. The van der Waals surface area contributed by atoms with Crippen molar-refractivity contribution in [2.45, 2.75) is 44.7 Å². The van der Waals surface area contributed by atoms with Crippen molar-refractivity contribution in [3.63, 3.8) is 0 Å². The SMILES string of the molecule is COc1ccc(OC)c(-c2[nH]c3ccccc3c2[C@@H]2C3=C(CCCC3)C(=O)N2[C@@H](C)c2ccccc2)c1. The summed E-state index contributed by atoms with van der Waals surface area (Å²) in [5, 5.41) is 1.13. The maximum absolute atomic E-state index is 14.1. The van der Waals surface area contributed by atoms with Crippen LogP contribution in [0.25, 0.3) is 22.2 Å². The fourth-order valence-corrected chi connectivity index (χ4v) is 6.19. The third-order valence-electron chi connectivity index (χ3n) is 8.01. The number of carbonyl (C=O) groups excluding carboxylic acids is 1. The van der Waals surface area contributed by atoms with E-state index in [1.165, 1.54) is 5.57 Å². The number of fused-ring (bicyclic) bond motifs is 1. The Morgan fingerprint density at radius 3 is 2.46 bits per heavy atom. The van der Waals surface area contributed by atoms with Crippen molar-refractivity contribution >= 4 is 16.8 Å². The van der Waals surface area contributed by atoms with Crippen molar-refractivity contribution < 1.29 is 14.3 Å². The van der Waals surface area contributed by atoms with Crippen LogP contribution in [0.2, 0.25) is 0 Å². The number of nitrogens with one attached hydrogen (secondary N) is 1. The third kappa shape index (κ3) is 3.81. The van der Waals surface area contributed by atoms with Gasteiger partial charge in [-0.2, -0.15) is 0 Å². The zero-order valence-electron chi connectivity index (χ0n) is 21.6. The summed E-state index contributed by atoms with van der Waals surface area (Å²) in [4.78, 5) is 19.9. The van der Waals surface area contributed by atoms with E-state index in [0.717, 1.165) is 76.0 Å². The number of hydrogen-bond donors (Lipinski definition) is 1. The number of amides is 1. The van der Waals surface area contributed by atoms with E-state index in [9.17, 15) is 4.79 Å². The van der Waals surface area contributed by atoms with E-state index in [1.54, 1.807) is 14.2 Å². The second-order valence-electron chi connectivity index (χ2n) is 9.94. The van der Waals surface area contributed by atoms with E-state index in [0.29, 0.717) is 0 Å². The minimum absolute atomic E-state index is 0.0713. The molecule has 1 aliphatic carbocycles. The molecule has 0 unspecified atom stereocenters. The van der Waals surface area contributed by atoms with Crippen LogP contribution in [0.4, 0.5) is 0 Å². The number of aromatic amines is 1. The molecule has 0 saturated carbocycles. The van der Waals surface area contributed by atoms with E-state index in [4.69, 9.17) is 9.47 Å². The predicted molar refractivity (Wildman–Crippen MR) is 147 cm³/mol. The highest BCUT2D eigenvalue weighted by molar-refractivity contribution is 6.01. The molecule has 1 aromatic heterocycles. The lowest BCUT2D eigenvalue weighted by molar-refractivity contribution is -0.129. The molecule has 1 N–H and O–H groups in total. The lowest BCUT2D eigenvalue weighted by Gasteiger charge is -2.34. The minimum atomic E-state index is -0.153. The second kappa shape index (κ2) is 9.47. The Morgan fingerprint density at radius 2 is 1.68 bits per heavy atom. The van der Waals surface area contributed by atoms with E-state index >= 15 is 0 Å². The van der Waals surface area contributed by atoms with Crippen LogP contribution >= 0.6 is 0 Å². The molecule has 2 atom stereocenters. The topological polar surface area (TPSA) is 54.6 Å². The Bertz CT molecular complexity index is 1500. The van der Waals surface area contributed by atoms with Gasteiger partial charge in [0.25, 0.3) is 5.91 Å². The highest BCUT2D eigenvalue weighted by atomic mass is 16.5. The fourth-order valence-electron chi connectivity index (χ4n) is 6.19. The van der Waals surface area contributed by atoms with Crippen LogP contribution in [0.5, 0.6) is 11.5 Å². The first kappa shape index (κ1) is 23.4. The van der Waals surface area contributed by atoms with Gasteiger partial charge in [-0.05, 0) is 68.0 Å². The Kier molecular flexibility index (Phi) is 5.99. The predicted octanol–water partition coefficient (Wildman–Crippen LogP) is 7.37. The quantitative estimate of drug-likeness (QED) is 0.306. The number of nitrogens with zero attached hydrogens (tertiary/aromatic N) is 1. The normalized spacial score (nSPS) is 18.3. The number of H-pyrrole nitrogens is 1. The fraction of sp³-hybridized carbons (Fsp3) is 0.281. The lowest BCUT2D eigenvalue weighted by Crippen LogP contribution is -2.33. The van der Waals surface area contributed by atoms with Gasteiger partial charge in [-0.3, -0.25) is 4.79 Å². The first-order valence-corrected chi connectivity index (χ1v) is 13.0. The summed E-state index contributed by atoms with van der Waals surface area (Å²) in [7, 11) is 3.37. The first-order valence-electron chi connectivity index (χ1n) is 13.0. The number of aromatic nitrogens is 1. The highest BCUT2D eigenvalue weighted by Crippen LogP contribution is 2.52. The van der Waals surface area contributed by atoms with E-state index in [1.807, 2.05) is 42.5 Å². The summed E-state index contributed by atoms with van der Waals surface area (Å²) in [5.74, 6) is 1.69. The lowest BCUT2D eigenvalue weighted by atomic mass is 9.85. The molecule has 0 spiro atoms. The van der Waals surface area contributed by atoms with E-state index in [2.05, 4.69) is 47.1 Å². The maximum atomic E-state index is 14.1. The molecule has 6 rings (SSSR count). The molecule has 188 valence electrons. The van der Waals surface area contributed by atoms with Crippen molar-refractivity contribution in [1.29, 1.82) is 0 Å². The molecule has 4 aromatic rings. The van der Waals surface area contributed by atoms with Gasteiger partial charge >= 0.3 is 0 Å². The van der Waals surface area contributed by atoms with Crippen LogP contribution in [-0.4, -0.2) is 30.0 Å². The molecule has 2 heterocycles. The molecular formula is C32H32N2O3. The van der Waals surface area contributed by atoms with E-state index < -0.39 is 0 Å². The molecule has 0 bridgehead atoms. The average molecular weight is 493 g/mol. The summed E-state index contributed by atoms with van der Waals surface area (Å²) < 4.78 is 11.4. The Labute approximate surface area is 217 Å². The minimum Gasteiger partial charge on any atom is -0.497 e. The Hall–Kier alpha value is -3.99. The maximum Gasteiger partial charge on any atom is 0.251 e. The molecule has 0 radical (unpaired) electrons. The van der Waals surface area contributed by atoms with Gasteiger partial charge in [0.05, 0.1) is 32.0 Å². The van der Waals surface area contributed by atoms with Gasteiger partial charge in [0, 0.05) is 27.6 Å². The van der Waals surface area contributed by atoms with Crippen LogP contribution < -0.4 is 9.47 Å². The molecule has 1 amide bonds. The largest absolute Gasteiger partial charge is 0.497 e. The monoisotopic (exact) mass is 492 g/mol. The van der Waals surface area contributed by atoms with Gasteiger partial charge in [0.2, 0.25) is 0 Å². The smallest absolute Gasteiger partial charge is 0.251 e. The van der Waals surface area contributed by atoms with Crippen molar-refractivity contribution in [3.8, 4) is 22.8 Å². The van der Waals surface area contributed by atoms with E-state index in [-0.39, 0.29) is 18.0 Å². The summed E-state index contributed by atoms with van der Waals surface area (Å²) in [6.45, 7) is 2.15.